The Hall–Kier alpha value is -0.350. The van der Waals surface area contributed by atoms with Crippen molar-refractivity contribution >= 4 is 10.0 Å². The molecule has 1 aliphatic rings. The molecule has 4 heteroatoms. The fraction of sp³-hybridized carbons (Fsp3) is 0.778. The minimum Gasteiger partial charge on any atom is -0.212 e. The van der Waals surface area contributed by atoms with E-state index in [-0.39, 0.29) is 11.8 Å². The van der Waals surface area contributed by atoms with Gasteiger partial charge < -0.3 is 0 Å². The summed E-state index contributed by atoms with van der Waals surface area (Å²) >= 11 is 0. The highest BCUT2D eigenvalue weighted by atomic mass is 32.2. The van der Waals surface area contributed by atoms with E-state index in [2.05, 4.69) is 11.3 Å². The van der Waals surface area contributed by atoms with Gasteiger partial charge in [-0.2, -0.15) is 0 Å². The SMILES string of the molecule is C=C1CCCC(NS(=O)(=O)CC)C1. The quantitative estimate of drug-likeness (QED) is 0.705. The normalized spacial score (nSPS) is 24.7. The van der Waals surface area contributed by atoms with Crippen molar-refractivity contribution in [1.29, 1.82) is 0 Å². The second-order valence-corrected chi connectivity index (χ2v) is 5.61. The van der Waals surface area contributed by atoms with Crippen LogP contribution in [0.25, 0.3) is 0 Å². The summed E-state index contributed by atoms with van der Waals surface area (Å²) in [6.45, 7) is 5.54. The van der Waals surface area contributed by atoms with Crippen LogP contribution in [0.2, 0.25) is 0 Å². The van der Waals surface area contributed by atoms with E-state index in [1.165, 1.54) is 0 Å². The third-order valence-electron chi connectivity index (χ3n) is 2.34. The van der Waals surface area contributed by atoms with Gasteiger partial charge in [-0.05, 0) is 32.6 Å². The molecule has 1 N–H and O–H groups in total. The smallest absolute Gasteiger partial charge is 0.211 e. The summed E-state index contributed by atoms with van der Waals surface area (Å²) in [5, 5.41) is 0. The van der Waals surface area contributed by atoms with Gasteiger partial charge in [0.25, 0.3) is 0 Å². The first-order valence-electron chi connectivity index (χ1n) is 4.70. The Labute approximate surface area is 80.3 Å². The monoisotopic (exact) mass is 203 g/mol. The molecule has 3 nitrogen and oxygen atoms in total. The van der Waals surface area contributed by atoms with Crippen LogP contribution in [0.1, 0.15) is 32.6 Å². The fourth-order valence-electron chi connectivity index (χ4n) is 1.59. The Bertz CT molecular complexity index is 282. The molecule has 0 heterocycles. The first-order chi connectivity index (χ1) is 6.03. The number of sulfonamides is 1. The molecule has 1 rings (SSSR count). The van der Waals surface area contributed by atoms with Crippen LogP contribution in [0.15, 0.2) is 12.2 Å². The molecule has 1 atom stereocenters. The van der Waals surface area contributed by atoms with Crippen LogP contribution >= 0.6 is 0 Å². The number of hydrogen-bond acceptors (Lipinski definition) is 2. The highest BCUT2D eigenvalue weighted by Gasteiger charge is 2.19. The first-order valence-corrected chi connectivity index (χ1v) is 6.35. The summed E-state index contributed by atoms with van der Waals surface area (Å²) in [4.78, 5) is 0. The van der Waals surface area contributed by atoms with E-state index in [0.717, 1.165) is 31.3 Å². The Morgan fingerprint density at radius 1 is 1.62 bits per heavy atom. The number of nitrogens with one attached hydrogen (secondary N) is 1. The minimum atomic E-state index is -3.03. The fourth-order valence-corrected chi connectivity index (χ4v) is 2.46. The molecule has 76 valence electrons. The molecule has 0 amide bonds. The van der Waals surface area contributed by atoms with Crippen LogP contribution < -0.4 is 4.72 Å². The van der Waals surface area contributed by atoms with Gasteiger partial charge in [0.1, 0.15) is 0 Å². The lowest BCUT2D eigenvalue weighted by atomic mass is 9.92. The lowest BCUT2D eigenvalue weighted by Gasteiger charge is -2.23. The van der Waals surface area contributed by atoms with Gasteiger partial charge in [-0.15, -0.1) is 0 Å². The van der Waals surface area contributed by atoms with Crippen molar-refractivity contribution in [3.8, 4) is 0 Å². The predicted molar refractivity (Wildman–Crippen MR) is 54.0 cm³/mol. The zero-order chi connectivity index (χ0) is 9.90. The van der Waals surface area contributed by atoms with E-state index in [1.807, 2.05) is 0 Å². The molecule has 0 aliphatic heterocycles. The van der Waals surface area contributed by atoms with Gasteiger partial charge in [-0.25, -0.2) is 13.1 Å². The molecule has 1 saturated carbocycles. The second-order valence-electron chi connectivity index (χ2n) is 3.56. The van der Waals surface area contributed by atoms with Gasteiger partial charge in [-0.1, -0.05) is 12.2 Å². The maximum Gasteiger partial charge on any atom is 0.211 e. The molecule has 0 aromatic rings. The molecular formula is C9H17NO2S. The van der Waals surface area contributed by atoms with E-state index < -0.39 is 10.0 Å². The standard InChI is InChI=1S/C9H17NO2S/c1-3-13(11,12)10-9-6-4-5-8(2)7-9/h9-10H,2-7H2,1H3. The van der Waals surface area contributed by atoms with Gasteiger partial charge >= 0.3 is 0 Å². The van der Waals surface area contributed by atoms with Crippen LogP contribution in [0, 0.1) is 0 Å². The summed E-state index contributed by atoms with van der Waals surface area (Å²) in [5.41, 5.74) is 1.16. The zero-order valence-electron chi connectivity index (χ0n) is 8.04. The van der Waals surface area contributed by atoms with E-state index in [1.54, 1.807) is 6.92 Å². The van der Waals surface area contributed by atoms with E-state index >= 15 is 0 Å². The number of rotatable bonds is 3. The van der Waals surface area contributed by atoms with Gasteiger partial charge in [0.15, 0.2) is 0 Å². The van der Waals surface area contributed by atoms with Crippen molar-refractivity contribution in [2.24, 2.45) is 0 Å². The molecule has 0 bridgehead atoms. The molecule has 1 fully saturated rings. The Morgan fingerprint density at radius 2 is 2.31 bits per heavy atom. The Kier molecular flexibility index (Phi) is 3.50. The second kappa shape index (κ2) is 4.24. The summed E-state index contributed by atoms with van der Waals surface area (Å²) in [5.74, 6) is 0.163. The maximum atomic E-state index is 11.2. The summed E-state index contributed by atoms with van der Waals surface area (Å²) in [6.07, 6.45) is 3.84. The molecule has 0 radical (unpaired) electrons. The highest BCUT2D eigenvalue weighted by molar-refractivity contribution is 7.89. The largest absolute Gasteiger partial charge is 0.212 e. The van der Waals surface area contributed by atoms with Crippen molar-refractivity contribution in [3.05, 3.63) is 12.2 Å². The van der Waals surface area contributed by atoms with Crippen molar-refractivity contribution in [2.45, 2.75) is 38.6 Å². The van der Waals surface area contributed by atoms with Crippen molar-refractivity contribution in [2.75, 3.05) is 5.75 Å². The molecule has 1 aliphatic carbocycles. The third-order valence-corrected chi connectivity index (χ3v) is 3.80. The van der Waals surface area contributed by atoms with Gasteiger partial charge in [0.2, 0.25) is 10.0 Å². The lowest BCUT2D eigenvalue weighted by molar-refractivity contribution is 0.473. The number of hydrogen-bond donors (Lipinski definition) is 1. The Balaban J connectivity index is 2.49. The molecule has 0 saturated heterocycles. The minimum absolute atomic E-state index is 0.0891. The van der Waals surface area contributed by atoms with Crippen LogP contribution in [0.3, 0.4) is 0 Å². The molecule has 0 spiro atoms. The van der Waals surface area contributed by atoms with Crippen LogP contribution in [-0.4, -0.2) is 20.2 Å². The van der Waals surface area contributed by atoms with Gasteiger partial charge in [-0.3, -0.25) is 0 Å². The molecule has 0 aromatic carbocycles. The molecular weight excluding hydrogens is 186 g/mol. The predicted octanol–water partition coefficient (Wildman–Crippen LogP) is 1.42. The van der Waals surface area contributed by atoms with Crippen LogP contribution in [0.5, 0.6) is 0 Å². The van der Waals surface area contributed by atoms with Crippen molar-refractivity contribution in [1.82, 2.24) is 4.72 Å². The zero-order valence-corrected chi connectivity index (χ0v) is 8.86. The summed E-state index contributed by atoms with van der Waals surface area (Å²) in [6, 6.07) is 0.0891. The van der Waals surface area contributed by atoms with Gasteiger partial charge in [0.05, 0.1) is 5.75 Å². The maximum absolute atomic E-state index is 11.2. The highest BCUT2D eigenvalue weighted by Crippen LogP contribution is 2.22. The molecule has 0 aromatic heterocycles. The average molecular weight is 203 g/mol. The summed E-state index contributed by atoms with van der Waals surface area (Å²) in [7, 11) is -3.03. The topological polar surface area (TPSA) is 46.2 Å². The van der Waals surface area contributed by atoms with E-state index in [4.69, 9.17) is 0 Å². The third kappa shape index (κ3) is 3.48. The van der Waals surface area contributed by atoms with Crippen LogP contribution in [0.4, 0.5) is 0 Å². The van der Waals surface area contributed by atoms with Crippen molar-refractivity contribution in [3.63, 3.8) is 0 Å². The average Bonchev–Trinajstić information content (AvgIpc) is 2.03. The Morgan fingerprint density at radius 3 is 2.85 bits per heavy atom. The molecule has 1 unspecified atom stereocenters. The molecule has 13 heavy (non-hydrogen) atoms. The lowest BCUT2D eigenvalue weighted by Crippen LogP contribution is -2.37. The van der Waals surface area contributed by atoms with E-state index in [9.17, 15) is 8.42 Å². The first kappa shape index (κ1) is 10.7. The van der Waals surface area contributed by atoms with Crippen molar-refractivity contribution < 1.29 is 8.42 Å². The van der Waals surface area contributed by atoms with E-state index in [0.29, 0.717) is 0 Å². The summed E-state index contributed by atoms with van der Waals surface area (Å²) < 4.78 is 25.2. The van der Waals surface area contributed by atoms with Crippen LogP contribution in [-0.2, 0) is 10.0 Å². The van der Waals surface area contributed by atoms with Gasteiger partial charge in [0, 0.05) is 6.04 Å².